The molecule has 0 radical (unpaired) electrons. The fourth-order valence-corrected chi connectivity index (χ4v) is 0.894. The predicted molar refractivity (Wildman–Crippen MR) is 49.8 cm³/mol. The number of amides is 1. The Morgan fingerprint density at radius 2 is 2.27 bits per heavy atom. The molecule has 82 valence electrons. The minimum atomic E-state index is -0.685. The van der Waals surface area contributed by atoms with E-state index in [4.69, 9.17) is 5.73 Å². The number of nitrogens with two attached hydrogens (primary N) is 1. The SMILES string of the molecule is CNC(=O)Cn1nnc(C(=O)OC)c1N. The number of nitrogens with zero attached hydrogens (tertiary/aromatic N) is 3. The van der Waals surface area contributed by atoms with Gasteiger partial charge in [-0.15, -0.1) is 5.10 Å². The van der Waals surface area contributed by atoms with E-state index in [-0.39, 0.29) is 24.0 Å². The Morgan fingerprint density at radius 3 is 2.80 bits per heavy atom. The van der Waals surface area contributed by atoms with E-state index >= 15 is 0 Å². The molecule has 0 aliphatic rings. The molecule has 0 bridgehead atoms. The van der Waals surface area contributed by atoms with E-state index in [0.717, 1.165) is 4.68 Å². The normalized spacial score (nSPS) is 9.73. The average molecular weight is 213 g/mol. The van der Waals surface area contributed by atoms with Gasteiger partial charge in [0, 0.05) is 7.05 Å². The molecule has 8 nitrogen and oxygen atoms in total. The molecule has 0 aliphatic heterocycles. The van der Waals surface area contributed by atoms with Crippen LogP contribution in [0.15, 0.2) is 0 Å². The van der Waals surface area contributed by atoms with Gasteiger partial charge in [-0.25, -0.2) is 9.48 Å². The monoisotopic (exact) mass is 213 g/mol. The lowest BCUT2D eigenvalue weighted by molar-refractivity contribution is -0.121. The van der Waals surface area contributed by atoms with E-state index in [1.54, 1.807) is 0 Å². The molecular formula is C7H11N5O3. The van der Waals surface area contributed by atoms with E-state index in [0.29, 0.717) is 0 Å². The van der Waals surface area contributed by atoms with Crippen molar-refractivity contribution in [3.8, 4) is 0 Å². The molecule has 0 aromatic carbocycles. The maximum Gasteiger partial charge on any atom is 0.362 e. The Bertz CT molecular complexity index is 386. The fourth-order valence-electron chi connectivity index (χ4n) is 0.894. The maximum absolute atomic E-state index is 11.1. The van der Waals surface area contributed by atoms with E-state index < -0.39 is 5.97 Å². The smallest absolute Gasteiger partial charge is 0.362 e. The van der Waals surface area contributed by atoms with Gasteiger partial charge in [-0.1, -0.05) is 5.21 Å². The first-order valence-electron chi connectivity index (χ1n) is 4.08. The second-order valence-electron chi connectivity index (χ2n) is 2.65. The van der Waals surface area contributed by atoms with Crippen molar-refractivity contribution < 1.29 is 14.3 Å². The molecule has 1 rings (SSSR count). The van der Waals surface area contributed by atoms with Gasteiger partial charge in [0.25, 0.3) is 0 Å². The zero-order chi connectivity index (χ0) is 11.4. The summed E-state index contributed by atoms with van der Waals surface area (Å²) in [7, 11) is 2.69. The van der Waals surface area contributed by atoms with Crippen molar-refractivity contribution >= 4 is 17.7 Å². The van der Waals surface area contributed by atoms with Crippen molar-refractivity contribution in [3.63, 3.8) is 0 Å². The topological polar surface area (TPSA) is 112 Å². The van der Waals surface area contributed by atoms with Gasteiger partial charge >= 0.3 is 5.97 Å². The number of nitrogen functional groups attached to an aromatic ring is 1. The molecule has 15 heavy (non-hydrogen) atoms. The van der Waals surface area contributed by atoms with Crippen LogP contribution < -0.4 is 11.1 Å². The zero-order valence-corrected chi connectivity index (χ0v) is 8.35. The highest BCUT2D eigenvalue weighted by Gasteiger charge is 2.18. The van der Waals surface area contributed by atoms with E-state index in [9.17, 15) is 9.59 Å². The van der Waals surface area contributed by atoms with Crippen LogP contribution in [0.2, 0.25) is 0 Å². The number of nitrogens with one attached hydrogen (secondary N) is 1. The van der Waals surface area contributed by atoms with E-state index in [1.165, 1.54) is 14.2 Å². The number of rotatable bonds is 3. The summed E-state index contributed by atoms with van der Waals surface area (Å²) < 4.78 is 5.54. The van der Waals surface area contributed by atoms with Crippen LogP contribution in [-0.2, 0) is 16.1 Å². The molecule has 1 heterocycles. The van der Waals surface area contributed by atoms with Crippen molar-refractivity contribution in [2.75, 3.05) is 19.9 Å². The lowest BCUT2D eigenvalue weighted by Crippen LogP contribution is -2.25. The van der Waals surface area contributed by atoms with Crippen LogP contribution in [0.4, 0.5) is 5.82 Å². The van der Waals surface area contributed by atoms with Crippen LogP contribution in [0.25, 0.3) is 0 Å². The summed E-state index contributed by atoms with van der Waals surface area (Å²) in [5, 5.41) is 9.45. The van der Waals surface area contributed by atoms with Crippen LogP contribution in [0.5, 0.6) is 0 Å². The minimum absolute atomic E-state index is 0.00505. The van der Waals surface area contributed by atoms with Crippen molar-refractivity contribution in [1.29, 1.82) is 0 Å². The lowest BCUT2D eigenvalue weighted by atomic mass is 10.4. The van der Waals surface area contributed by atoms with Gasteiger partial charge in [0.1, 0.15) is 6.54 Å². The number of carbonyl (C=O) groups is 2. The molecule has 0 aliphatic carbocycles. The molecule has 0 saturated heterocycles. The minimum Gasteiger partial charge on any atom is -0.464 e. The first-order valence-corrected chi connectivity index (χ1v) is 4.08. The second-order valence-corrected chi connectivity index (χ2v) is 2.65. The Morgan fingerprint density at radius 1 is 1.60 bits per heavy atom. The van der Waals surface area contributed by atoms with E-state index in [2.05, 4.69) is 20.4 Å². The largest absolute Gasteiger partial charge is 0.464 e. The Hall–Kier alpha value is -2.12. The standard InChI is InChI=1S/C7H11N5O3/c1-9-4(13)3-12-6(8)5(10-11-12)7(14)15-2/h3,8H2,1-2H3,(H,9,13). The van der Waals surface area contributed by atoms with Crippen molar-refractivity contribution in [2.24, 2.45) is 0 Å². The van der Waals surface area contributed by atoms with Gasteiger partial charge in [0.2, 0.25) is 11.6 Å². The van der Waals surface area contributed by atoms with Gasteiger partial charge in [-0.2, -0.15) is 0 Å². The fraction of sp³-hybridized carbons (Fsp3) is 0.429. The number of methoxy groups -OCH3 is 1. The summed E-state index contributed by atoms with van der Waals surface area (Å²) in [6, 6.07) is 0. The first kappa shape index (κ1) is 11.0. The number of carbonyl (C=O) groups excluding carboxylic acids is 2. The molecule has 0 spiro atoms. The van der Waals surface area contributed by atoms with Crippen molar-refractivity contribution in [2.45, 2.75) is 6.54 Å². The van der Waals surface area contributed by atoms with Gasteiger partial charge in [-0.05, 0) is 0 Å². The van der Waals surface area contributed by atoms with Crippen LogP contribution in [0.3, 0.4) is 0 Å². The number of anilines is 1. The summed E-state index contributed by atoms with van der Waals surface area (Å²) in [4.78, 5) is 22.1. The Kier molecular flexibility index (Phi) is 3.21. The highest BCUT2D eigenvalue weighted by molar-refractivity contribution is 5.91. The molecule has 0 atom stereocenters. The summed E-state index contributed by atoms with van der Waals surface area (Å²) in [5.41, 5.74) is 5.44. The highest BCUT2D eigenvalue weighted by Crippen LogP contribution is 2.08. The molecule has 3 N–H and O–H groups in total. The van der Waals surface area contributed by atoms with Gasteiger partial charge < -0.3 is 15.8 Å². The molecule has 1 aromatic rings. The highest BCUT2D eigenvalue weighted by atomic mass is 16.5. The number of hydrogen-bond acceptors (Lipinski definition) is 6. The molecule has 0 fully saturated rings. The summed E-state index contributed by atoms with van der Waals surface area (Å²) >= 11 is 0. The maximum atomic E-state index is 11.1. The quantitative estimate of drug-likeness (QED) is 0.584. The Labute approximate surface area is 85.4 Å². The molecule has 0 unspecified atom stereocenters. The molecule has 1 aromatic heterocycles. The predicted octanol–water partition coefficient (Wildman–Crippen LogP) is -1.61. The molecule has 0 saturated carbocycles. The number of ether oxygens (including phenoxy) is 1. The van der Waals surface area contributed by atoms with Crippen LogP contribution in [-0.4, -0.2) is 41.0 Å². The third kappa shape index (κ3) is 2.22. The zero-order valence-electron chi connectivity index (χ0n) is 8.35. The molecule has 1 amide bonds. The average Bonchev–Trinajstić information content (AvgIpc) is 2.59. The lowest BCUT2D eigenvalue weighted by Gasteiger charge is -2.01. The summed E-state index contributed by atoms with van der Waals surface area (Å²) in [6.07, 6.45) is 0. The Balaban J connectivity index is 2.89. The second kappa shape index (κ2) is 4.40. The van der Waals surface area contributed by atoms with Gasteiger partial charge in [-0.3, -0.25) is 4.79 Å². The summed E-state index contributed by atoms with van der Waals surface area (Å²) in [6.45, 7) is -0.0909. The van der Waals surface area contributed by atoms with Crippen LogP contribution in [0.1, 0.15) is 10.5 Å². The molecule has 8 heteroatoms. The number of likely N-dealkylation sites (N-methyl/N-ethyl adjacent to an activating group) is 1. The third-order valence-electron chi connectivity index (χ3n) is 1.72. The van der Waals surface area contributed by atoms with Crippen LogP contribution in [0, 0.1) is 0 Å². The van der Waals surface area contributed by atoms with Crippen molar-refractivity contribution in [3.05, 3.63) is 5.69 Å². The first-order chi connectivity index (χ1) is 7.10. The number of aromatic nitrogens is 3. The van der Waals surface area contributed by atoms with E-state index in [1.807, 2.05) is 0 Å². The van der Waals surface area contributed by atoms with Crippen LogP contribution >= 0.6 is 0 Å². The van der Waals surface area contributed by atoms with Crippen molar-refractivity contribution in [1.82, 2.24) is 20.3 Å². The van der Waals surface area contributed by atoms with Gasteiger partial charge in [0.15, 0.2) is 5.82 Å². The summed E-state index contributed by atoms with van der Waals surface area (Å²) in [5.74, 6) is -0.968. The van der Waals surface area contributed by atoms with Gasteiger partial charge in [0.05, 0.1) is 7.11 Å². The third-order valence-corrected chi connectivity index (χ3v) is 1.72. The number of hydrogen-bond donors (Lipinski definition) is 2. The molecular weight excluding hydrogens is 202 g/mol. The number of esters is 1.